The second-order valence-corrected chi connectivity index (χ2v) is 17.9. The van der Waals surface area contributed by atoms with Gasteiger partial charge in [0, 0.05) is 52.8 Å². The highest BCUT2D eigenvalue weighted by atomic mass is 32.1. The maximum Gasteiger partial charge on any atom is 0.170 e. The smallest absolute Gasteiger partial charge is 0.170 e. The first-order valence-electron chi connectivity index (χ1n) is 21.9. The molecule has 0 spiro atoms. The Labute approximate surface area is 376 Å². The van der Waals surface area contributed by atoms with E-state index in [1.54, 1.807) is 0 Å². The molecule has 10 aromatic carbocycles. The Hall–Kier alpha value is -8.32. The fourth-order valence-electron chi connectivity index (χ4n) is 10.1. The van der Waals surface area contributed by atoms with Crippen LogP contribution < -0.4 is 5.32 Å². The van der Waals surface area contributed by atoms with Crippen LogP contribution in [0.1, 0.15) is 22.9 Å². The van der Waals surface area contributed by atoms with E-state index >= 15 is 0 Å². The summed E-state index contributed by atoms with van der Waals surface area (Å²) < 4.78 is 15.9. The summed E-state index contributed by atoms with van der Waals surface area (Å²) >= 11 is 1.85. The molecule has 0 saturated carbocycles. The highest BCUT2D eigenvalue weighted by molar-refractivity contribution is 7.26. The van der Waals surface area contributed by atoms with Crippen LogP contribution in [-0.4, -0.2) is 11.7 Å². The Morgan fingerprint density at radius 2 is 1.06 bits per heavy atom. The number of hydrogen-bond donors (Lipinski definition) is 1. The van der Waals surface area contributed by atoms with E-state index < -0.39 is 6.17 Å². The molecule has 0 radical (unpaired) electrons. The van der Waals surface area contributed by atoms with Gasteiger partial charge >= 0.3 is 0 Å². The molecule has 0 saturated heterocycles. The van der Waals surface area contributed by atoms with Crippen molar-refractivity contribution in [2.24, 2.45) is 9.98 Å². The van der Waals surface area contributed by atoms with Gasteiger partial charge in [-0.3, -0.25) is 0 Å². The maximum absolute atomic E-state index is 6.72. The zero-order valence-electron chi connectivity index (χ0n) is 34.7. The minimum atomic E-state index is -0.557. The van der Waals surface area contributed by atoms with Gasteiger partial charge in [-0.15, -0.1) is 11.3 Å². The number of fused-ring (bicyclic) bond motifs is 11. The SMILES string of the molecule is c1ccc2cc(C3=NC(c4cccc5c(-c6cc(-c7cccc8c7sc7ccccc78)cc7oc8ccccc8c67)cccc45)N=C(c4cccc5c4oc4ccccc45)N3)ccc2c1. The first-order chi connectivity index (χ1) is 32.2. The number of amidine groups is 2. The van der Waals surface area contributed by atoms with Gasteiger partial charge in [-0.05, 0) is 86.3 Å². The molecule has 0 amide bonds. The van der Waals surface area contributed by atoms with E-state index in [1.165, 1.54) is 31.1 Å². The van der Waals surface area contributed by atoms with Crippen LogP contribution in [0.15, 0.2) is 219 Å². The van der Waals surface area contributed by atoms with Gasteiger partial charge in [-0.1, -0.05) is 158 Å². The third kappa shape index (κ3) is 5.64. The lowest BCUT2D eigenvalue weighted by atomic mass is 9.90. The van der Waals surface area contributed by atoms with Gasteiger partial charge in [-0.2, -0.15) is 0 Å². The Bertz CT molecular complexity index is 4190. The van der Waals surface area contributed by atoms with Crippen LogP contribution >= 0.6 is 11.3 Å². The number of rotatable bonds is 5. The Morgan fingerprint density at radius 3 is 1.95 bits per heavy atom. The third-order valence-corrected chi connectivity index (χ3v) is 14.4. The van der Waals surface area contributed by atoms with E-state index in [4.69, 9.17) is 18.8 Å². The van der Waals surface area contributed by atoms with Crippen molar-refractivity contribution >= 4 is 109 Å². The number of aliphatic imine (C=N–C) groups is 2. The number of para-hydroxylation sites is 3. The highest BCUT2D eigenvalue weighted by Gasteiger charge is 2.26. The number of nitrogens with zero attached hydrogens (tertiary/aromatic N) is 2. The zero-order valence-corrected chi connectivity index (χ0v) is 35.6. The first-order valence-corrected chi connectivity index (χ1v) is 22.7. The van der Waals surface area contributed by atoms with E-state index in [0.717, 1.165) is 99.3 Å². The number of benzene rings is 10. The molecule has 65 heavy (non-hydrogen) atoms. The van der Waals surface area contributed by atoms with Crippen LogP contribution in [0.4, 0.5) is 0 Å². The maximum atomic E-state index is 6.72. The van der Waals surface area contributed by atoms with Gasteiger partial charge in [0.2, 0.25) is 0 Å². The van der Waals surface area contributed by atoms with Gasteiger partial charge in [0.25, 0.3) is 0 Å². The molecule has 14 rings (SSSR count). The molecular weight excluding hydrogens is 815 g/mol. The fraction of sp³-hybridized carbons (Fsp3) is 0.0169. The zero-order chi connectivity index (χ0) is 42.6. The van der Waals surface area contributed by atoms with Crippen LogP contribution in [0.3, 0.4) is 0 Å². The summed E-state index contributed by atoms with van der Waals surface area (Å²) in [7, 11) is 0. The minimum absolute atomic E-state index is 0.557. The van der Waals surface area contributed by atoms with E-state index in [2.05, 4.69) is 187 Å². The molecule has 13 aromatic rings. The molecule has 1 N–H and O–H groups in total. The van der Waals surface area contributed by atoms with Crippen LogP contribution in [0, 0.1) is 0 Å². The molecular formula is C59H35N3O2S. The van der Waals surface area contributed by atoms with Crippen LogP contribution in [0.5, 0.6) is 0 Å². The van der Waals surface area contributed by atoms with Crippen LogP contribution in [0.25, 0.3) is 108 Å². The largest absolute Gasteiger partial charge is 0.456 e. The summed E-state index contributed by atoms with van der Waals surface area (Å²) in [6.45, 7) is 0. The second kappa shape index (κ2) is 14.1. The average molecular weight is 850 g/mol. The number of hydrogen-bond acceptors (Lipinski definition) is 6. The molecule has 5 nitrogen and oxygen atoms in total. The molecule has 6 heteroatoms. The predicted molar refractivity (Wildman–Crippen MR) is 272 cm³/mol. The predicted octanol–water partition coefficient (Wildman–Crippen LogP) is 16.0. The van der Waals surface area contributed by atoms with Crippen molar-refractivity contribution < 1.29 is 8.83 Å². The van der Waals surface area contributed by atoms with Gasteiger partial charge in [0.1, 0.15) is 34.0 Å². The van der Waals surface area contributed by atoms with Gasteiger partial charge < -0.3 is 14.2 Å². The van der Waals surface area contributed by atoms with E-state index in [-0.39, 0.29) is 0 Å². The summed E-state index contributed by atoms with van der Waals surface area (Å²) in [6.07, 6.45) is -0.557. The quantitative estimate of drug-likeness (QED) is 0.188. The monoisotopic (exact) mass is 849 g/mol. The van der Waals surface area contributed by atoms with Crippen molar-refractivity contribution in [1.29, 1.82) is 0 Å². The second-order valence-electron chi connectivity index (χ2n) is 16.8. The standard InChI is InChI=1S/C59H35N3O2S/c1-2-14-35-31-36(30-29-34(35)13-1)57-60-58(62-59(61-57)48-25-12-22-44-42-15-3-6-26-50(42)64-55(44)48)46-24-11-19-39-40(46)20-10-21-41(39)49-32-37(33-52-54(49)47-17-4-7-27-51(47)63-52)38-18-9-23-45-43-16-5-8-28-53(43)65-56(38)45/h1-33,58H,(H,60,61,62). The molecule has 0 fully saturated rings. The van der Waals surface area contributed by atoms with Gasteiger partial charge in [0.15, 0.2) is 6.17 Å². The first kappa shape index (κ1) is 36.2. The van der Waals surface area contributed by atoms with E-state index in [9.17, 15) is 0 Å². The van der Waals surface area contributed by atoms with Gasteiger partial charge in [-0.25, -0.2) is 9.98 Å². The van der Waals surface area contributed by atoms with Crippen molar-refractivity contribution in [1.82, 2.24) is 5.32 Å². The van der Waals surface area contributed by atoms with Crippen molar-refractivity contribution in [3.05, 3.63) is 217 Å². The Morgan fingerprint density at radius 1 is 0.400 bits per heavy atom. The summed E-state index contributed by atoms with van der Waals surface area (Å²) in [4.78, 5) is 10.9. The Balaban J connectivity index is 0.986. The molecule has 1 aliphatic heterocycles. The highest BCUT2D eigenvalue weighted by Crippen LogP contribution is 2.46. The van der Waals surface area contributed by atoms with Crippen molar-refractivity contribution in [3.8, 4) is 22.3 Å². The summed E-state index contributed by atoms with van der Waals surface area (Å²) in [5.74, 6) is 1.46. The molecule has 1 atom stereocenters. The van der Waals surface area contributed by atoms with Gasteiger partial charge in [0.05, 0.1) is 5.56 Å². The van der Waals surface area contributed by atoms with E-state index in [0.29, 0.717) is 5.84 Å². The molecule has 4 heterocycles. The molecule has 1 aliphatic rings. The summed E-state index contributed by atoms with van der Waals surface area (Å²) in [5, 5.41) is 15.1. The normalized spacial score (nSPS) is 14.3. The Kier molecular flexibility index (Phi) is 7.85. The molecule has 1 unspecified atom stereocenters. The fourth-order valence-corrected chi connectivity index (χ4v) is 11.4. The molecule has 304 valence electrons. The minimum Gasteiger partial charge on any atom is -0.456 e. The summed E-state index contributed by atoms with van der Waals surface area (Å²) in [6, 6.07) is 71.0. The van der Waals surface area contributed by atoms with Crippen LogP contribution in [-0.2, 0) is 0 Å². The molecule has 0 bridgehead atoms. The number of thiophene rings is 1. The topological polar surface area (TPSA) is 63.0 Å². The molecule has 3 aromatic heterocycles. The van der Waals surface area contributed by atoms with Crippen LogP contribution in [0.2, 0.25) is 0 Å². The van der Waals surface area contributed by atoms with Crippen molar-refractivity contribution in [2.45, 2.75) is 6.17 Å². The lowest BCUT2D eigenvalue weighted by Crippen LogP contribution is -2.36. The number of furan rings is 2. The number of nitrogens with one attached hydrogen (secondary N) is 1. The average Bonchev–Trinajstić information content (AvgIpc) is 4.07. The van der Waals surface area contributed by atoms with Crippen molar-refractivity contribution in [2.75, 3.05) is 0 Å². The summed E-state index contributed by atoms with van der Waals surface area (Å²) in [5.41, 5.74) is 10.8. The van der Waals surface area contributed by atoms with Crippen molar-refractivity contribution in [3.63, 3.8) is 0 Å². The molecule has 0 aliphatic carbocycles. The third-order valence-electron chi connectivity index (χ3n) is 13.1. The lowest BCUT2D eigenvalue weighted by Gasteiger charge is -2.24. The van der Waals surface area contributed by atoms with E-state index in [1.807, 2.05) is 29.5 Å². The lowest BCUT2D eigenvalue weighted by molar-refractivity contribution is 0.667.